The Hall–Kier alpha value is -0.680. The van der Waals surface area contributed by atoms with E-state index in [-0.39, 0.29) is 17.7 Å². The fourth-order valence-corrected chi connectivity index (χ4v) is 1.55. The van der Waals surface area contributed by atoms with Gasteiger partial charge in [0.05, 0.1) is 0 Å². The number of halogens is 2. The van der Waals surface area contributed by atoms with Crippen molar-refractivity contribution in [1.82, 2.24) is 4.98 Å². The second-order valence-electron chi connectivity index (χ2n) is 3.41. The molecule has 5 heteroatoms. The molecule has 1 aromatic heterocycles. The Morgan fingerprint density at radius 2 is 2.40 bits per heavy atom. The third-order valence-corrected chi connectivity index (χ3v) is 2.43. The molecule has 3 nitrogen and oxygen atoms in total. The molecule has 0 aliphatic rings. The van der Waals surface area contributed by atoms with E-state index < -0.39 is 0 Å². The summed E-state index contributed by atoms with van der Waals surface area (Å²) >= 11 is 3.15. The maximum atomic E-state index is 13.3. The molecule has 3 N–H and O–H groups in total. The summed E-state index contributed by atoms with van der Waals surface area (Å²) in [5, 5.41) is 2.89. The summed E-state index contributed by atoms with van der Waals surface area (Å²) < 4.78 is 13.9. The molecule has 1 aromatic rings. The number of hydrogen-bond donors (Lipinski definition) is 2. The highest BCUT2D eigenvalue weighted by Gasteiger charge is 2.06. The quantitative estimate of drug-likeness (QED) is 0.868. The van der Waals surface area contributed by atoms with Crippen molar-refractivity contribution in [2.24, 2.45) is 5.73 Å². The molecular formula is C10H15BrFN3. The average Bonchev–Trinajstić information content (AvgIpc) is 2.17. The first kappa shape index (κ1) is 12.4. The summed E-state index contributed by atoms with van der Waals surface area (Å²) in [6.45, 7) is 2.61. The molecule has 84 valence electrons. The van der Waals surface area contributed by atoms with Gasteiger partial charge in [0.1, 0.15) is 0 Å². The highest BCUT2D eigenvalue weighted by atomic mass is 79.9. The highest BCUT2D eigenvalue weighted by Crippen LogP contribution is 2.15. The Labute approximate surface area is 97.4 Å². The molecule has 0 aliphatic heterocycles. The van der Waals surface area contributed by atoms with Crippen molar-refractivity contribution in [2.75, 3.05) is 11.9 Å². The largest absolute Gasteiger partial charge is 0.366 e. The Balaban J connectivity index is 2.50. The number of rotatable bonds is 5. The van der Waals surface area contributed by atoms with Crippen LogP contribution in [0.3, 0.4) is 0 Å². The topological polar surface area (TPSA) is 50.9 Å². The van der Waals surface area contributed by atoms with Crippen LogP contribution in [0.4, 0.5) is 10.2 Å². The van der Waals surface area contributed by atoms with Crippen molar-refractivity contribution in [3.63, 3.8) is 0 Å². The minimum atomic E-state index is -0.368. The molecule has 15 heavy (non-hydrogen) atoms. The van der Waals surface area contributed by atoms with Crippen LogP contribution in [-0.4, -0.2) is 17.6 Å². The van der Waals surface area contributed by atoms with Crippen molar-refractivity contribution in [3.8, 4) is 0 Å². The summed E-state index contributed by atoms with van der Waals surface area (Å²) in [4.78, 5) is 3.92. The minimum absolute atomic E-state index is 0.0415. The molecule has 1 atom stereocenters. The van der Waals surface area contributed by atoms with Gasteiger partial charge >= 0.3 is 0 Å². The zero-order valence-electron chi connectivity index (χ0n) is 8.63. The van der Waals surface area contributed by atoms with Crippen LogP contribution in [-0.2, 0) is 0 Å². The van der Waals surface area contributed by atoms with E-state index in [2.05, 4.69) is 33.2 Å². The summed E-state index contributed by atoms with van der Waals surface area (Å²) in [5.74, 6) is -0.113. The van der Waals surface area contributed by atoms with Crippen molar-refractivity contribution < 1.29 is 4.39 Å². The fourth-order valence-electron chi connectivity index (χ4n) is 1.25. The number of anilines is 1. The van der Waals surface area contributed by atoms with Gasteiger partial charge in [-0.05, 0) is 28.4 Å². The van der Waals surface area contributed by atoms with Crippen LogP contribution < -0.4 is 11.1 Å². The van der Waals surface area contributed by atoms with E-state index in [1.807, 2.05) is 0 Å². The second kappa shape index (κ2) is 6.02. The van der Waals surface area contributed by atoms with E-state index >= 15 is 0 Å². The van der Waals surface area contributed by atoms with Gasteiger partial charge in [0, 0.05) is 23.3 Å². The molecule has 0 saturated heterocycles. The Bertz CT molecular complexity index is 320. The van der Waals surface area contributed by atoms with Gasteiger partial charge in [-0.1, -0.05) is 13.3 Å². The molecule has 0 aliphatic carbocycles. The van der Waals surface area contributed by atoms with E-state index in [1.165, 1.54) is 6.07 Å². The standard InChI is InChI=1S/C10H15BrFN3/c1-2-3-8(13)6-15-10-9(12)4-7(11)5-14-10/h4-5,8H,2-3,6,13H2,1H3,(H,14,15). The van der Waals surface area contributed by atoms with Crippen LogP contribution in [0.15, 0.2) is 16.7 Å². The summed E-state index contributed by atoms with van der Waals surface area (Å²) in [7, 11) is 0. The Morgan fingerprint density at radius 1 is 1.67 bits per heavy atom. The molecule has 1 rings (SSSR count). The van der Waals surface area contributed by atoms with Gasteiger partial charge in [0.15, 0.2) is 11.6 Å². The fraction of sp³-hybridized carbons (Fsp3) is 0.500. The molecule has 1 unspecified atom stereocenters. The van der Waals surface area contributed by atoms with Gasteiger partial charge in [-0.15, -0.1) is 0 Å². The lowest BCUT2D eigenvalue weighted by Gasteiger charge is -2.12. The first-order chi connectivity index (χ1) is 7.13. The number of pyridine rings is 1. The van der Waals surface area contributed by atoms with Crippen LogP contribution >= 0.6 is 15.9 Å². The van der Waals surface area contributed by atoms with Crippen molar-refractivity contribution in [3.05, 3.63) is 22.6 Å². The van der Waals surface area contributed by atoms with Crippen LogP contribution in [0, 0.1) is 5.82 Å². The Kier molecular flexibility index (Phi) is 4.98. The number of nitrogens with one attached hydrogen (secondary N) is 1. The normalized spacial score (nSPS) is 12.5. The lowest BCUT2D eigenvalue weighted by atomic mass is 10.2. The van der Waals surface area contributed by atoms with Gasteiger partial charge in [-0.2, -0.15) is 0 Å². The molecular weight excluding hydrogens is 261 g/mol. The summed E-state index contributed by atoms with van der Waals surface area (Å²) in [6.07, 6.45) is 3.50. The molecule has 0 fully saturated rings. The summed E-state index contributed by atoms with van der Waals surface area (Å²) in [6, 6.07) is 1.42. The molecule has 0 amide bonds. The molecule has 0 spiro atoms. The second-order valence-corrected chi connectivity index (χ2v) is 4.33. The van der Waals surface area contributed by atoms with Gasteiger partial charge in [0.25, 0.3) is 0 Å². The minimum Gasteiger partial charge on any atom is -0.366 e. The van der Waals surface area contributed by atoms with E-state index in [0.29, 0.717) is 11.0 Å². The predicted molar refractivity (Wildman–Crippen MR) is 63.3 cm³/mol. The van der Waals surface area contributed by atoms with Crippen LogP contribution in [0.5, 0.6) is 0 Å². The van der Waals surface area contributed by atoms with Crippen LogP contribution in [0.25, 0.3) is 0 Å². The van der Waals surface area contributed by atoms with Crippen molar-refractivity contribution >= 4 is 21.7 Å². The molecule has 0 bridgehead atoms. The van der Waals surface area contributed by atoms with Gasteiger partial charge in [0.2, 0.25) is 0 Å². The molecule has 0 aromatic carbocycles. The van der Waals surface area contributed by atoms with Gasteiger partial charge in [-0.3, -0.25) is 0 Å². The SMILES string of the molecule is CCCC(N)CNc1ncc(Br)cc1F. The first-order valence-electron chi connectivity index (χ1n) is 4.94. The van der Waals surface area contributed by atoms with Crippen LogP contribution in [0.1, 0.15) is 19.8 Å². The van der Waals surface area contributed by atoms with Crippen LogP contribution in [0.2, 0.25) is 0 Å². The lowest BCUT2D eigenvalue weighted by molar-refractivity contribution is 0.606. The third kappa shape index (κ3) is 4.13. The van der Waals surface area contributed by atoms with Crippen molar-refractivity contribution in [2.45, 2.75) is 25.8 Å². The van der Waals surface area contributed by atoms with E-state index in [9.17, 15) is 4.39 Å². The smallest absolute Gasteiger partial charge is 0.166 e. The maximum Gasteiger partial charge on any atom is 0.166 e. The monoisotopic (exact) mass is 275 g/mol. The summed E-state index contributed by atoms with van der Waals surface area (Å²) in [5.41, 5.74) is 5.79. The molecule has 1 heterocycles. The number of nitrogens with zero attached hydrogens (tertiary/aromatic N) is 1. The van der Waals surface area contributed by atoms with E-state index in [4.69, 9.17) is 5.73 Å². The van der Waals surface area contributed by atoms with E-state index in [1.54, 1.807) is 6.20 Å². The van der Waals surface area contributed by atoms with E-state index in [0.717, 1.165) is 12.8 Å². The number of nitrogens with two attached hydrogens (primary N) is 1. The average molecular weight is 276 g/mol. The van der Waals surface area contributed by atoms with Crippen molar-refractivity contribution in [1.29, 1.82) is 0 Å². The van der Waals surface area contributed by atoms with Gasteiger partial charge in [-0.25, -0.2) is 9.37 Å². The van der Waals surface area contributed by atoms with Gasteiger partial charge < -0.3 is 11.1 Å². The lowest BCUT2D eigenvalue weighted by Crippen LogP contribution is -2.29. The number of hydrogen-bond acceptors (Lipinski definition) is 3. The Morgan fingerprint density at radius 3 is 3.00 bits per heavy atom. The number of aromatic nitrogens is 1. The first-order valence-corrected chi connectivity index (χ1v) is 5.73. The zero-order chi connectivity index (χ0) is 11.3. The zero-order valence-corrected chi connectivity index (χ0v) is 10.2. The maximum absolute atomic E-state index is 13.3. The molecule has 0 radical (unpaired) electrons. The third-order valence-electron chi connectivity index (χ3n) is 2.00. The molecule has 0 saturated carbocycles. The highest BCUT2D eigenvalue weighted by molar-refractivity contribution is 9.10. The predicted octanol–water partition coefficient (Wildman–Crippen LogP) is 2.52.